The summed E-state index contributed by atoms with van der Waals surface area (Å²) in [5.41, 5.74) is -4.78. The van der Waals surface area contributed by atoms with Crippen LogP contribution in [0.15, 0.2) is 24.3 Å². The van der Waals surface area contributed by atoms with Crippen LogP contribution in [0.2, 0.25) is 0 Å². The van der Waals surface area contributed by atoms with Gasteiger partial charge in [0.1, 0.15) is 0 Å². The second kappa shape index (κ2) is 8.56. The molecule has 0 aliphatic heterocycles. The van der Waals surface area contributed by atoms with Crippen LogP contribution in [0.25, 0.3) is 0 Å². The quantitative estimate of drug-likeness (QED) is 0.388. The predicted octanol–water partition coefficient (Wildman–Crippen LogP) is -1.32. The average Bonchev–Trinajstić information content (AvgIpc) is 2.25. The zero-order valence-electron chi connectivity index (χ0n) is 10.7. The van der Waals surface area contributed by atoms with Crippen molar-refractivity contribution in [1.29, 1.82) is 0 Å². The molecule has 1 aromatic rings. The molecule has 0 heterocycles. The Labute approximate surface area is 160 Å². The topological polar surface area (TPSA) is 149 Å². The van der Waals surface area contributed by atoms with Crippen LogP contribution in [-0.2, 0) is 20.2 Å². The molecule has 0 aliphatic carbocycles. The van der Waals surface area contributed by atoms with E-state index in [4.69, 9.17) is 9.11 Å². The van der Waals surface area contributed by atoms with Crippen LogP contribution in [0.4, 0.5) is 0 Å². The molecule has 0 saturated heterocycles. The molecule has 0 bridgehead atoms. The fraction of sp³-hybridized carbons (Fsp3) is 0.250. The summed E-state index contributed by atoms with van der Waals surface area (Å²) in [7, 11) is -9.38. The van der Waals surface area contributed by atoms with Gasteiger partial charge in [0, 0.05) is 59.1 Å². The number of hydrogen-bond donors (Lipinski definition) is 4. The van der Waals surface area contributed by atoms with Crippen molar-refractivity contribution in [2.24, 2.45) is 0 Å². The summed E-state index contributed by atoms with van der Waals surface area (Å²) in [5.74, 6) is 0. The predicted molar refractivity (Wildman–Crippen MR) is 71.0 cm³/mol. The van der Waals surface area contributed by atoms with Gasteiger partial charge in [-0.1, -0.05) is 24.3 Å². The van der Waals surface area contributed by atoms with Crippen LogP contribution in [0.3, 0.4) is 0 Å². The molecule has 0 spiro atoms. The molecule has 2 unspecified atom stereocenters. The number of aliphatic hydroxyl groups excluding tert-OH is 2. The van der Waals surface area contributed by atoms with E-state index in [2.05, 4.69) is 0 Å². The molecule has 1 rings (SSSR count). The number of benzene rings is 1. The van der Waals surface area contributed by atoms with Crippen molar-refractivity contribution in [3.63, 3.8) is 0 Å². The number of rotatable bonds is 4. The van der Waals surface area contributed by atoms with Gasteiger partial charge in [-0.2, -0.15) is 16.8 Å². The van der Waals surface area contributed by atoms with Crippen LogP contribution >= 0.6 is 0 Å². The molecule has 2 radical (unpaired) electrons. The Kier molecular flexibility index (Phi) is 9.94. The van der Waals surface area contributed by atoms with Crippen LogP contribution in [0.5, 0.6) is 0 Å². The summed E-state index contributed by atoms with van der Waals surface area (Å²) in [6.45, 7) is 0. The second-order valence-corrected chi connectivity index (χ2v) is 6.35. The SMILES string of the molecule is O=S(=O)(O)C(O)c1ccc(C(O)S(=O)(=O)O)cc1.[Na].[Na]. The van der Waals surface area contributed by atoms with Crippen molar-refractivity contribution in [2.75, 3.05) is 0 Å². The molecule has 12 heteroatoms. The van der Waals surface area contributed by atoms with Crippen molar-refractivity contribution < 1.29 is 36.2 Å². The molecule has 0 saturated carbocycles. The third-order valence-corrected chi connectivity index (χ3v) is 3.74. The molecule has 0 fully saturated rings. The van der Waals surface area contributed by atoms with Crippen molar-refractivity contribution in [1.82, 2.24) is 0 Å². The molecular formula is C8H10Na2O8S2. The van der Waals surface area contributed by atoms with E-state index in [9.17, 15) is 27.0 Å². The Morgan fingerprint density at radius 3 is 1.05 bits per heavy atom. The summed E-state index contributed by atoms with van der Waals surface area (Å²) in [6, 6.07) is 3.95. The minimum atomic E-state index is -4.69. The van der Waals surface area contributed by atoms with Gasteiger partial charge in [0.05, 0.1) is 0 Å². The van der Waals surface area contributed by atoms with Crippen molar-refractivity contribution in [3.8, 4) is 0 Å². The Bertz CT molecular complexity index is 568. The van der Waals surface area contributed by atoms with Gasteiger partial charge < -0.3 is 10.2 Å². The molecule has 20 heavy (non-hydrogen) atoms. The molecule has 104 valence electrons. The monoisotopic (exact) mass is 344 g/mol. The first-order chi connectivity index (χ1) is 8.03. The summed E-state index contributed by atoms with van der Waals surface area (Å²) in [6.07, 6.45) is 0. The van der Waals surface area contributed by atoms with Gasteiger partial charge >= 0.3 is 0 Å². The maximum atomic E-state index is 10.6. The number of hydrogen-bond acceptors (Lipinski definition) is 6. The van der Waals surface area contributed by atoms with E-state index in [0.29, 0.717) is 0 Å². The summed E-state index contributed by atoms with van der Waals surface area (Å²) >= 11 is 0. The van der Waals surface area contributed by atoms with Gasteiger partial charge in [-0.25, -0.2) is 0 Å². The second-order valence-electron chi connectivity index (χ2n) is 3.40. The van der Waals surface area contributed by atoms with Gasteiger partial charge in [-0.15, -0.1) is 0 Å². The fourth-order valence-corrected chi connectivity index (χ4v) is 2.17. The van der Waals surface area contributed by atoms with Gasteiger partial charge in [-0.3, -0.25) is 9.11 Å². The van der Waals surface area contributed by atoms with Crippen molar-refractivity contribution >= 4 is 79.4 Å². The Morgan fingerprint density at radius 1 is 0.700 bits per heavy atom. The van der Waals surface area contributed by atoms with Crippen LogP contribution in [-0.4, -0.2) is 95.3 Å². The Balaban J connectivity index is 0. The summed E-state index contributed by atoms with van der Waals surface area (Å²) < 4.78 is 59.7. The standard InChI is InChI=1S/C8H10O8S2.2Na/c9-7(17(11,12)13)5-1-2-6(4-3-5)8(10)18(14,15)16;;/h1-4,7-10H,(H,11,12,13)(H,14,15,16);;. The molecular weight excluding hydrogens is 334 g/mol. The van der Waals surface area contributed by atoms with Crippen LogP contribution in [0, 0.1) is 0 Å². The molecule has 0 aliphatic rings. The van der Waals surface area contributed by atoms with E-state index in [1.807, 2.05) is 0 Å². The third kappa shape index (κ3) is 6.38. The smallest absolute Gasteiger partial charge is 0.296 e. The van der Waals surface area contributed by atoms with E-state index in [0.717, 1.165) is 24.3 Å². The van der Waals surface area contributed by atoms with E-state index >= 15 is 0 Å². The normalized spacial score (nSPS) is 14.6. The Hall–Kier alpha value is 0.960. The minimum absolute atomic E-state index is 0. The summed E-state index contributed by atoms with van der Waals surface area (Å²) in [5, 5.41) is 18.4. The van der Waals surface area contributed by atoms with Gasteiger partial charge in [0.15, 0.2) is 0 Å². The van der Waals surface area contributed by atoms with Crippen LogP contribution in [0.1, 0.15) is 22.0 Å². The zero-order valence-corrected chi connectivity index (χ0v) is 16.3. The first kappa shape index (κ1) is 23.2. The number of aliphatic hydroxyl groups is 2. The van der Waals surface area contributed by atoms with Crippen molar-refractivity contribution in [2.45, 2.75) is 10.9 Å². The van der Waals surface area contributed by atoms with Crippen LogP contribution < -0.4 is 0 Å². The van der Waals surface area contributed by atoms with E-state index in [-0.39, 0.29) is 70.2 Å². The molecule has 0 aromatic heterocycles. The largest absolute Gasteiger partial charge is 0.371 e. The molecule has 1 aromatic carbocycles. The first-order valence-electron chi connectivity index (χ1n) is 4.42. The zero-order chi connectivity index (χ0) is 14.1. The van der Waals surface area contributed by atoms with E-state index in [1.54, 1.807) is 0 Å². The minimum Gasteiger partial charge on any atom is -0.371 e. The van der Waals surface area contributed by atoms with E-state index in [1.165, 1.54) is 0 Å². The maximum absolute atomic E-state index is 10.6. The van der Waals surface area contributed by atoms with Gasteiger partial charge in [0.25, 0.3) is 20.2 Å². The van der Waals surface area contributed by atoms with Gasteiger partial charge in [0.2, 0.25) is 10.9 Å². The molecule has 8 nitrogen and oxygen atoms in total. The first-order valence-corrected chi connectivity index (χ1v) is 7.42. The van der Waals surface area contributed by atoms with E-state index < -0.39 is 31.1 Å². The fourth-order valence-electron chi connectivity index (χ4n) is 1.17. The average molecular weight is 344 g/mol. The molecule has 0 amide bonds. The Morgan fingerprint density at radius 2 is 0.900 bits per heavy atom. The third-order valence-electron chi connectivity index (χ3n) is 2.07. The molecule has 4 N–H and O–H groups in total. The summed E-state index contributed by atoms with van der Waals surface area (Å²) in [4.78, 5) is 0. The molecule has 2 atom stereocenters. The maximum Gasteiger partial charge on any atom is 0.296 e. The van der Waals surface area contributed by atoms with Crippen molar-refractivity contribution in [3.05, 3.63) is 35.4 Å². The van der Waals surface area contributed by atoms with Gasteiger partial charge in [-0.05, 0) is 11.1 Å².